The molecule has 1 atom stereocenters. The Balaban J connectivity index is 2.20. The Labute approximate surface area is 87.4 Å². The van der Waals surface area contributed by atoms with Gasteiger partial charge >= 0.3 is 5.97 Å². The van der Waals surface area contributed by atoms with E-state index in [1.54, 1.807) is 18.2 Å². The fraction of sp³-hybridized carbons (Fsp3) is 0.364. The Morgan fingerprint density at radius 3 is 3.13 bits per heavy atom. The molecule has 0 radical (unpaired) electrons. The SMILES string of the molecule is COC(=O)C1CCc2cc(O)ccc2O1. The first-order valence-corrected chi connectivity index (χ1v) is 4.77. The molecule has 0 fully saturated rings. The van der Waals surface area contributed by atoms with Gasteiger partial charge in [0, 0.05) is 0 Å². The number of phenols is 1. The molecule has 0 saturated carbocycles. The summed E-state index contributed by atoms with van der Waals surface area (Å²) in [7, 11) is 1.35. The summed E-state index contributed by atoms with van der Waals surface area (Å²) in [6, 6.07) is 4.86. The smallest absolute Gasteiger partial charge is 0.347 e. The number of esters is 1. The lowest BCUT2D eigenvalue weighted by Gasteiger charge is -2.24. The number of methoxy groups -OCH3 is 1. The maximum absolute atomic E-state index is 11.2. The lowest BCUT2D eigenvalue weighted by Crippen LogP contribution is -2.32. The number of carbonyl (C=O) groups excluding carboxylic acids is 1. The van der Waals surface area contributed by atoms with Crippen molar-refractivity contribution in [1.29, 1.82) is 0 Å². The van der Waals surface area contributed by atoms with Crippen LogP contribution in [0.2, 0.25) is 0 Å². The van der Waals surface area contributed by atoms with Gasteiger partial charge in [0.1, 0.15) is 11.5 Å². The van der Waals surface area contributed by atoms with Gasteiger partial charge in [-0.05, 0) is 36.6 Å². The van der Waals surface area contributed by atoms with Crippen LogP contribution >= 0.6 is 0 Å². The molecule has 1 unspecified atom stereocenters. The Bertz CT molecular complexity index is 386. The second-order valence-corrected chi connectivity index (χ2v) is 3.46. The Morgan fingerprint density at radius 1 is 1.60 bits per heavy atom. The number of rotatable bonds is 1. The van der Waals surface area contributed by atoms with Crippen molar-refractivity contribution in [2.24, 2.45) is 0 Å². The van der Waals surface area contributed by atoms with Crippen LogP contribution in [0.1, 0.15) is 12.0 Å². The van der Waals surface area contributed by atoms with Gasteiger partial charge in [-0.2, -0.15) is 0 Å². The van der Waals surface area contributed by atoms with Crippen molar-refractivity contribution in [2.75, 3.05) is 7.11 Å². The predicted molar refractivity (Wildman–Crippen MR) is 52.9 cm³/mol. The molecule has 4 nitrogen and oxygen atoms in total. The zero-order chi connectivity index (χ0) is 10.8. The van der Waals surface area contributed by atoms with Crippen molar-refractivity contribution >= 4 is 5.97 Å². The van der Waals surface area contributed by atoms with Crippen molar-refractivity contribution in [1.82, 2.24) is 0 Å². The van der Waals surface area contributed by atoms with Crippen molar-refractivity contribution < 1.29 is 19.4 Å². The van der Waals surface area contributed by atoms with Crippen LogP contribution in [0.15, 0.2) is 18.2 Å². The number of hydrogen-bond acceptors (Lipinski definition) is 4. The molecule has 1 heterocycles. The molecule has 1 aliphatic heterocycles. The topological polar surface area (TPSA) is 55.8 Å². The normalized spacial score (nSPS) is 18.9. The molecule has 0 spiro atoms. The molecule has 0 saturated heterocycles. The van der Waals surface area contributed by atoms with Gasteiger partial charge in [0.2, 0.25) is 0 Å². The Kier molecular flexibility index (Phi) is 2.49. The zero-order valence-corrected chi connectivity index (χ0v) is 8.40. The molecule has 4 heteroatoms. The van der Waals surface area contributed by atoms with E-state index in [9.17, 15) is 9.90 Å². The molecular weight excluding hydrogens is 196 g/mol. The minimum absolute atomic E-state index is 0.217. The summed E-state index contributed by atoms with van der Waals surface area (Å²) in [4.78, 5) is 11.2. The summed E-state index contributed by atoms with van der Waals surface area (Å²) >= 11 is 0. The third-order valence-corrected chi connectivity index (χ3v) is 2.45. The molecule has 1 aromatic carbocycles. The first-order chi connectivity index (χ1) is 7.20. The third-order valence-electron chi connectivity index (χ3n) is 2.45. The highest BCUT2D eigenvalue weighted by Gasteiger charge is 2.26. The highest BCUT2D eigenvalue weighted by molar-refractivity contribution is 5.75. The van der Waals surface area contributed by atoms with Crippen LogP contribution in [0.25, 0.3) is 0 Å². The molecule has 80 valence electrons. The van der Waals surface area contributed by atoms with Crippen LogP contribution in [0.3, 0.4) is 0 Å². The van der Waals surface area contributed by atoms with Crippen LogP contribution < -0.4 is 4.74 Å². The molecule has 2 rings (SSSR count). The largest absolute Gasteiger partial charge is 0.508 e. The second kappa shape index (κ2) is 3.81. The van der Waals surface area contributed by atoms with Gasteiger partial charge in [-0.15, -0.1) is 0 Å². The Morgan fingerprint density at radius 2 is 2.40 bits per heavy atom. The summed E-state index contributed by atoms with van der Waals surface area (Å²) < 4.78 is 10.1. The summed E-state index contributed by atoms with van der Waals surface area (Å²) in [5, 5.41) is 9.26. The highest BCUT2D eigenvalue weighted by Crippen LogP contribution is 2.30. The van der Waals surface area contributed by atoms with Crippen molar-refractivity contribution in [3.05, 3.63) is 23.8 Å². The molecule has 15 heavy (non-hydrogen) atoms. The van der Waals surface area contributed by atoms with E-state index in [1.165, 1.54) is 7.11 Å². The van der Waals surface area contributed by atoms with Crippen LogP contribution in [-0.2, 0) is 16.0 Å². The first kappa shape index (κ1) is 9.83. The summed E-state index contributed by atoms with van der Waals surface area (Å²) in [6.07, 6.45) is 0.777. The molecule has 0 amide bonds. The minimum Gasteiger partial charge on any atom is -0.508 e. The van der Waals surface area contributed by atoms with Gasteiger partial charge < -0.3 is 14.6 Å². The van der Waals surface area contributed by atoms with Gasteiger partial charge in [0.25, 0.3) is 0 Å². The van der Waals surface area contributed by atoms with Gasteiger partial charge in [0.15, 0.2) is 6.10 Å². The summed E-state index contributed by atoms with van der Waals surface area (Å²) in [6.45, 7) is 0. The van der Waals surface area contributed by atoms with Crippen LogP contribution in [0.5, 0.6) is 11.5 Å². The lowest BCUT2D eigenvalue weighted by molar-refractivity contribution is -0.149. The molecule has 1 N–H and O–H groups in total. The average molecular weight is 208 g/mol. The second-order valence-electron chi connectivity index (χ2n) is 3.46. The van der Waals surface area contributed by atoms with E-state index in [0.717, 1.165) is 5.56 Å². The van der Waals surface area contributed by atoms with Crippen molar-refractivity contribution in [3.63, 3.8) is 0 Å². The van der Waals surface area contributed by atoms with Crippen molar-refractivity contribution in [3.8, 4) is 11.5 Å². The van der Waals surface area contributed by atoms with Crippen molar-refractivity contribution in [2.45, 2.75) is 18.9 Å². The standard InChI is InChI=1S/C11H12O4/c1-14-11(13)10-4-2-7-6-8(12)3-5-9(7)15-10/h3,5-6,10,12H,2,4H2,1H3. The van der Waals surface area contributed by atoms with E-state index in [-0.39, 0.29) is 11.7 Å². The fourth-order valence-electron chi connectivity index (χ4n) is 1.67. The highest BCUT2D eigenvalue weighted by atomic mass is 16.6. The number of benzene rings is 1. The third kappa shape index (κ3) is 1.88. The number of aryl methyl sites for hydroxylation is 1. The van der Waals surface area contributed by atoms with Gasteiger partial charge in [0.05, 0.1) is 7.11 Å². The number of ether oxygens (including phenoxy) is 2. The van der Waals surface area contributed by atoms with E-state index >= 15 is 0 Å². The van der Waals surface area contributed by atoms with Gasteiger partial charge in [-0.25, -0.2) is 4.79 Å². The van der Waals surface area contributed by atoms with E-state index in [0.29, 0.717) is 18.6 Å². The molecular formula is C11H12O4. The summed E-state index contributed by atoms with van der Waals surface area (Å²) in [5.74, 6) is 0.511. The van der Waals surface area contributed by atoms with E-state index in [2.05, 4.69) is 4.74 Å². The van der Waals surface area contributed by atoms with Crippen LogP contribution in [0, 0.1) is 0 Å². The number of fused-ring (bicyclic) bond motifs is 1. The maximum Gasteiger partial charge on any atom is 0.347 e. The van der Waals surface area contributed by atoms with E-state index in [1.807, 2.05) is 0 Å². The fourth-order valence-corrected chi connectivity index (χ4v) is 1.67. The lowest BCUT2D eigenvalue weighted by atomic mass is 10.0. The predicted octanol–water partition coefficient (Wildman–Crippen LogP) is 1.26. The minimum atomic E-state index is -0.521. The maximum atomic E-state index is 11.2. The quantitative estimate of drug-likeness (QED) is 0.706. The molecule has 0 aromatic heterocycles. The number of carbonyl (C=O) groups is 1. The van der Waals surface area contributed by atoms with Crippen LogP contribution in [0.4, 0.5) is 0 Å². The molecule has 0 aliphatic carbocycles. The van der Waals surface area contributed by atoms with E-state index in [4.69, 9.17) is 4.74 Å². The number of aromatic hydroxyl groups is 1. The molecule has 1 aliphatic rings. The van der Waals surface area contributed by atoms with Gasteiger partial charge in [-0.1, -0.05) is 0 Å². The number of phenolic OH excluding ortho intramolecular Hbond substituents is 1. The van der Waals surface area contributed by atoms with E-state index < -0.39 is 6.10 Å². The van der Waals surface area contributed by atoms with Gasteiger partial charge in [-0.3, -0.25) is 0 Å². The zero-order valence-electron chi connectivity index (χ0n) is 8.40. The average Bonchev–Trinajstić information content (AvgIpc) is 2.27. The summed E-state index contributed by atoms with van der Waals surface area (Å²) in [5.41, 5.74) is 0.926. The van der Waals surface area contributed by atoms with Crippen LogP contribution in [-0.4, -0.2) is 24.3 Å². The first-order valence-electron chi connectivity index (χ1n) is 4.77. The number of hydrogen-bond donors (Lipinski definition) is 1. The molecule has 1 aromatic rings. The molecule has 0 bridgehead atoms. The Hall–Kier alpha value is -1.71. The monoisotopic (exact) mass is 208 g/mol.